The van der Waals surface area contributed by atoms with Crippen molar-refractivity contribution in [3.8, 4) is 22.7 Å². The Balaban J connectivity index is 1.89. The molecule has 0 radical (unpaired) electrons. The van der Waals surface area contributed by atoms with Crippen LogP contribution in [-0.4, -0.2) is 35.0 Å². The Morgan fingerprint density at radius 1 is 1.09 bits per heavy atom. The molecule has 34 heavy (non-hydrogen) atoms. The fourth-order valence-corrected chi connectivity index (χ4v) is 4.06. The Morgan fingerprint density at radius 2 is 1.85 bits per heavy atom. The van der Waals surface area contributed by atoms with Crippen molar-refractivity contribution >= 4 is 12.0 Å². The van der Waals surface area contributed by atoms with E-state index in [4.69, 9.17) is 14.6 Å². The van der Waals surface area contributed by atoms with E-state index in [1.54, 1.807) is 18.5 Å². The summed E-state index contributed by atoms with van der Waals surface area (Å²) in [5, 5.41) is 10.4. The molecule has 8 nitrogen and oxygen atoms in total. The number of rotatable bonds is 7. The van der Waals surface area contributed by atoms with E-state index < -0.39 is 18.0 Å². The van der Waals surface area contributed by atoms with Crippen molar-refractivity contribution in [2.24, 2.45) is 0 Å². The molecule has 1 aromatic heterocycles. The molecule has 0 saturated carbocycles. The molecular weight excluding hydrogens is 432 g/mol. The van der Waals surface area contributed by atoms with Gasteiger partial charge >= 0.3 is 12.0 Å². The second-order valence-electron chi connectivity index (χ2n) is 7.92. The molecule has 1 atom stereocenters. The van der Waals surface area contributed by atoms with Crippen LogP contribution >= 0.6 is 0 Å². The van der Waals surface area contributed by atoms with Crippen molar-refractivity contribution in [1.29, 1.82) is 0 Å². The van der Waals surface area contributed by atoms with E-state index in [1.807, 2.05) is 68.6 Å². The first kappa shape index (κ1) is 23.1. The number of hydrogen-bond acceptors (Lipinski definition) is 5. The molecule has 176 valence electrons. The van der Waals surface area contributed by atoms with Gasteiger partial charge in [-0.1, -0.05) is 18.2 Å². The number of amides is 2. The Hall–Kier alpha value is -4.07. The molecule has 2 aromatic carbocycles. The average Bonchev–Trinajstić information content (AvgIpc) is 3.26. The Morgan fingerprint density at radius 3 is 2.53 bits per heavy atom. The normalized spacial score (nSPS) is 15.5. The fourth-order valence-electron chi connectivity index (χ4n) is 4.06. The maximum atomic E-state index is 12.9. The second-order valence-corrected chi connectivity index (χ2v) is 7.92. The summed E-state index contributed by atoms with van der Waals surface area (Å²) in [7, 11) is 0. The molecule has 0 unspecified atom stereocenters. The van der Waals surface area contributed by atoms with E-state index in [2.05, 4.69) is 10.6 Å². The van der Waals surface area contributed by atoms with Crippen LogP contribution in [0.1, 0.15) is 37.9 Å². The number of esters is 1. The summed E-state index contributed by atoms with van der Waals surface area (Å²) in [6.45, 7) is 8.16. The van der Waals surface area contributed by atoms with Gasteiger partial charge in [0.25, 0.3) is 0 Å². The standard InChI is InChI=1S/C26H28N4O4/c1-5-33-21-13-12-18(14-16(21)3)23-20(15-30(29-23)19-10-8-7-9-11-19)24-22(25(31)34-6-2)17(4)27-26(32)28-24/h7-15,24H,5-6H2,1-4H3,(H2,27,28,32)/t24-/m1/s1. The molecular formula is C26H28N4O4. The summed E-state index contributed by atoms with van der Waals surface area (Å²) in [5.41, 5.74) is 4.80. The molecule has 0 spiro atoms. The van der Waals surface area contributed by atoms with Crippen LogP contribution in [0.2, 0.25) is 0 Å². The summed E-state index contributed by atoms with van der Waals surface area (Å²) in [6.07, 6.45) is 1.85. The number of urea groups is 1. The molecule has 2 N–H and O–H groups in total. The summed E-state index contributed by atoms with van der Waals surface area (Å²) in [6, 6.07) is 14.4. The second kappa shape index (κ2) is 9.82. The number of nitrogens with zero attached hydrogens (tertiary/aromatic N) is 2. The van der Waals surface area contributed by atoms with E-state index in [1.165, 1.54) is 0 Å². The Kier molecular flexibility index (Phi) is 6.67. The molecule has 0 saturated heterocycles. The highest BCUT2D eigenvalue weighted by atomic mass is 16.5. The van der Waals surface area contributed by atoms with Crippen LogP contribution in [0, 0.1) is 6.92 Å². The maximum absolute atomic E-state index is 12.9. The van der Waals surface area contributed by atoms with Crippen LogP contribution in [0.3, 0.4) is 0 Å². The highest BCUT2D eigenvalue weighted by Crippen LogP contribution is 2.36. The van der Waals surface area contributed by atoms with Crippen LogP contribution in [-0.2, 0) is 9.53 Å². The number of benzene rings is 2. The van der Waals surface area contributed by atoms with Crippen molar-refractivity contribution in [3.63, 3.8) is 0 Å². The summed E-state index contributed by atoms with van der Waals surface area (Å²) in [4.78, 5) is 25.3. The zero-order valence-electron chi connectivity index (χ0n) is 19.7. The van der Waals surface area contributed by atoms with Gasteiger partial charge in [0.05, 0.1) is 36.2 Å². The lowest BCUT2D eigenvalue weighted by Crippen LogP contribution is -2.45. The lowest BCUT2D eigenvalue weighted by atomic mass is 9.93. The molecule has 1 aliphatic rings. The first-order chi connectivity index (χ1) is 16.4. The number of carbonyl (C=O) groups is 2. The van der Waals surface area contributed by atoms with Crippen LogP contribution in [0.15, 0.2) is 66.0 Å². The summed E-state index contributed by atoms with van der Waals surface area (Å²) < 4.78 is 12.8. The SMILES string of the molecule is CCOC(=O)C1=C(C)NC(=O)N[C@@H]1c1cn(-c2ccccc2)nc1-c1ccc(OCC)c(C)c1. The molecule has 4 rings (SSSR count). The topological polar surface area (TPSA) is 94.5 Å². The van der Waals surface area contributed by atoms with Gasteiger partial charge in [-0.05, 0) is 63.6 Å². The number of para-hydroxylation sites is 1. The zero-order valence-corrected chi connectivity index (χ0v) is 19.7. The molecule has 0 bridgehead atoms. The van der Waals surface area contributed by atoms with Crippen molar-refractivity contribution in [2.45, 2.75) is 33.7 Å². The monoisotopic (exact) mass is 460 g/mol. The first-order valence-electron chi connectivity index (χ1n) is 11.3. The number of nitrogens with one attached hydrogen (secondary N) is 2. The number of hydrogen-bond donors (Lipinski definition) is 2. The van der Waals surface area contributed by atoms with Crippen molar-refractivity contribution < 1.29 is 19.1 Å². The van der Waals surface area contributed by atoms with E-state index in [9.17, 15) is 9.59 Å². The molecule has 3 aromatic rings. The van der Waals surface area contributed by atoms with Gasteiger partial charge in [0.1, 0.15) is 5.75 Å². The molecule has 0 fully saturated rings. The number of aryl methyl sites for hydroxylation is 1. The number of carbonyl (C=O) groups excluding carboxylic acids is 2. The Labute approximate surface area is 198 Å². The zero-order chi connectivity index (χ0) is 24.2. The highest BCUT2D eigenvalue weighted by Gasteiger charge is 2.35. The molecule has 2 amide bonds. The fraction of sp³-hybridized carbons (Fsp3) is 0.269. The van der Waals surface area contributed by atoms with Crippen molar-refractivity contribution in [3.05, 3.63) is 77.1 Å². The lowest BCUT2D eigenvalue weighted by molar-refractivity contribution is -0.139. The quantitative estimate of drug-likeness (QED) is 0.509. The third-order valence-electron chi connectivity index (χ3n) is 5.59. The van der Waals surface area contributed by atoms with Gasteiger partial charge in [-0.3, -0.25) is 0 Å². The van der Waals surface area contributed by atoms with E-state index in [-0.39, 0.29) is 6.61 Å². The van der Waals surface area contributed by atoms with E-state index in [0.29, 0.717) is 29.1 Å². The van der Waals surface area contributed by atoms with Crippen LogP contribution in [0.25, 0.3) is 16.9 Å². The predicted molar refractivity (Wildman–Crippen MR) is 129 cm³/mol. The van der Waals surface area contributed by atoms with Gasteiger partial charge in [-0.25, -0.2) is 14.3 Å². The van der Waals surface area contributed by atoms with Crippen molar-refractivity contribution in [1.82, 2.24) is 20.4 Å². The van der Waals surface area contributed by atoms with E-state index >= 15 is 0 Å². The van der Waals surface area contributed by atoms with Gasteiger partial charge in [-0.2, -0.15) is 5.10 Å². The average molecular weight is 461 g/mol. The van der Waals surface area contributed by atoms with Gasteiger partial charge in [0.2, 0.25) is 0 Å². The number of ether oxygens (including phenoxy) is 2. The van der Waals surface area contributed by atoms with Crippen LogP contribution in [0.4, 0.5) is 4.79 Å². The smallest absolute Gasteiger partial charge is 0.338 e. The molecule has 0 aliphatic carbocycles. The molecule has 1 aliphatic heterocycles. The maximum Gasteiger partial charge on any atom is 0.338 e. The van der Waals surface area contributed by atoms with Gasteiger partial charge in [0, 0.05) is 23.0 Å². The number of allylic oxidation sites excluding steroid dienone is 1. The predicted octanol–water partition coefficient (Wildman–Crippen LogP) is 4.44. The summed E-state index contributed by atoms with van der Waals surface area (Å²) >= 11 is 0. The van der Waals surface area contributed by atoms with Crippen LogP contribution < -0.4 is 15.4 Å². The highest BCUT2D eigenvalue weighted by molar-refractivity contribution is 5.95. The van der Waals surface area contributed by atoms with Gasteiger partial charge in [-0.15, -0.1) is 0 Å². The largest absolute Gasteiger partial charge is 0.494 e. The lowest BCUT2D eigenvalue weighted by Gasteiger charge is -2.27. The first-order valence-corrected chi connectivity index (χ1v) is 11.3. The third kappa shape index (κ3) is 4.52. The minimum absolute atomic E-state index is 0.227. The van der Waals surface area contributed by atoms with Crippen LogP contribution in [0.5, 0.6) is 5.75 Å². The molecule has 2 heterocycles. The molecule has 8 heteroatoms. The van der Waals surface area contributed by atoms with Gasteiger partial charge in [0.15, 0.2) is 0 Å². The third-order valence-corrected chi connectivity index (χ3v) is 5.59. The Bertz CT molecular complexity index is 1250. The van der Waals surface area contributed by atoms with Crippen molar-refractivity contribution in [2.75, 3.05) is 13.2 Å². The minimum atomic E-state index is -0.730. The minimum Gasteiger partial charge on any atom is -0.494 e. The van der Waals surface area contributed by atoms with E-state index in [0.717, 1.165) is 22.6 Å². The van der Waals surface area contributed by atoms with Gasteiger partial charge < -0.3 is 20.1 Å². The summed E-state index contributed by atoms with van der Waals surface area (Å²) in [5.74, 6) is 0.312. The number of aromatic nitrogens is 2.